The van der Waals surface area contributed by atoms with Gasteiger partial charge in [-0.25, -0.2) is 4.39 Å². The number of hydrogen-bond acceptors (Lipinski definition) is 1. The van der Waals surface area contributed by atoms with Gasteiger partial charge < -0.3 is 5.32 Å². The van der Waals surface area contributed by atoms with Crippen LogP contribution < -0.4 is 5.32 Å². The average Bonchev–Trinajstić information content (AvgIpc) is 2.25. The molecule has 0 radical (unpaired) electrons. The maximum Gasteiger partial charge on any atom is 0.254 e. The first-order valence-corrected chi connectivity index (χ1v) is 5.59. The number of carbonyl (C=O) groups excluding carboxylic acids is 1. The van der Waals surface area contributed by atoms with E-state index in [2.05, 4.69) is 12.2 Å². The molecule has 1 rings (SSSR count). The molecule has 0 saturated heterocycles. The number of benzene rings is 1. The molecule has 0 bridgehead atoms. The van der Waals surface area contributed by atoms with E-state index in [1.807, 2.05) is 6.92 Å². The van der Waals surface area contributed by atoms with Crippen molar-refractivity contribution in [1.82, 2.24) is 5.32 Å². The molecule has 88 valence electrons. The highest BCUT2D eigenvalue weighted by atomic mass is 19.1. The number of hydrogen-bond donors (Lipinski definition) is 1. The van der Waals surface area contributed by atoms with E-state index in [0.717, 1.165) is 12.0 Å². The molecule has 0 spiro atoms. The van der Waals surface area contributed by atoms with Crippen LogP contribution in [0.15, 0.2) is 18.2 Å². The third-order valence-corrected chi connectivity index (χ3v) is 2.68. The Hall–Kier alpha value is -1.38. The predicted octanol–water partition coefficient (Wildman–Crippen LogP) is 2.91. The minimum atomic E-state index is -0.457. The Balaban J connectivity index is 2.66. The van der Waals surface area contributed by atoms with E-state index in [0.29, 0.717) is 12.5 Å². The summed E-state index contributed by atoms with van der Waals surface area (Å²) in [5, 5.41) is 2.73. The van der Waals surface area contributed by atoms with Gasteiger partial charge in [0.25, 0.3) is 5.91 Å². The molecule has 16 heavy (non-hydrogen) atoms. The zero-order chi connectivity index (χ0) is 12.1. The van der Waals surface area contributed by atoms with Crippen LogP contribution in [-0.4, -0.2) is 12.5 Å². The smallest absolute Gasteiger partial charge is 0.254 e. The molecule has 3 heteroatoms. The lowest BCUT2D eigenvalue weighted by atomic mass is 10.1. The Labute approximate surface area is 95.9 Å². The number of carbonyl (C=O) groups is 1. The monoisotopic (exact) mass is 223 g/mol. The molecule has 0 aliphatic carbocycles. The summed E-state index contributed by atoms with van der Waals surface area (Å²) in [6.07, 6.45) is 0.997. The number of amides is 1. The van der Waals surface area contributed by atoms with Crippen LogP contribution in [0.3, 0.4) is 0 Å². The second-order valence-electron chi connectivity index (χ2n) is 4.21. The molecule has 1 amide bonds. The molecular weight excluding hydrogens is 205 g/mol. The lowest BCUT2D eigenvalue weighted by Crippen LogP contribution is -2.28. The SMILES string of the molecule is CCC(C)CNC(=O)c1ccc(C)cc1F. The maximum absolute atomic E-state index is 13.4. The molecule has 0 aliphatic rings. The summed E-state index contributed by atoms with van der Waals surface area (Å²) in [5.74, 6) is -0.378. The van der Waals surface area contributed by atoms with E-state index < -0.39 is 5.82 Å². The molecule has 0 saturated carbocycles. The van der Waals surface area contributed by atoms with E-state index in [9.17, 15) is 9.18 Å². The van der Waals surface area contributed by atoms with Crippen molar-refractivity contribution in [3.63, 3.8) is 0 Å². The molecule has 0 aliphatic heterocycles. The Morgan fingerprint density at radius 1 is 1.50 bits per heavy atom. The van der Waals surface area contributed by atoms with Gasteiger partial charge >= 0.3 is 0 Å². The Morgan fingerprint density at radius 2 is 2.19 bits per heavy atom. The van der Waals surface area contributed by atoms with E-state index in [1.54, 1.807) is 13.0 Å². The van der Waals surface area contributed by atoms with Crippen molar-refractivity contribution >= 4 is 5.91 Å². The summed E-state index contributed by atoms with van der Waals surface area (Å²) in [6, 6.07) is 4.63. The largest absolute Gasteiger partial charge is 0.352 e. The summed E-state index contributed by atoms with van der Waals surface area (Å²) in [7, 11) is 0. The predicted molar refractivity (Wildman–Crippen MR) is 62.9 cm³/mol. The van der Waals surface area contributed by atoms with Gasteiger partial charge in [-0.2, -0.15) is 0 Å². The lowest BCUT2D eigenvalue weighted by molar-refractivity contribution is 0.0944. The summed E-state index contributed by atoms with van der Waals surface area (Å²) in [6.45, 7) is 6.49. The fraction of sp³-hybridized carbons (Fsp3) is 0.462. The highest BCUT2D eigenvalue weighted by Gasteiger charge is 2.11. The zero-order valence-corrected chi connectivity index (χ0v) is 10.0. The first-order valence-electron chi connectivity index (χ1n) is 5.59. The van der Waals surface area contributed by atoms with E-state index >= 15 is 0 Å². The van der Waals surface area contributed by atoms with Crippen LogP contribution >= 0.6 is 0 Å². The van der Waals surface area contributed by atoms with Crippen molar-refractivity contribution < 1.29 is 9.18 Å². The van der Waals surface area contributed by atoms with Gasteiger partial charge in [0.1, 0.15) is 5.82 Å². The second-order valence-corrected chi connectivity index (χ2v) is 4.21. The average molecular weight is 223 g/mol. The van der Waals surface area contributed by atoms with E-state index in [1.165, 1.54) is 12.1 Å². The number of halogens is 1. The number of rotatable bonds is 4. The molecule has 0 fully saturated rings. The van der Waals surface area contributed by atoms with Crippen LogP contribution in [0, 0.1) is 18.7 Å². The van der Waals surface area contributed by atoms with Gasteiger partial charge in [-0.05, 0) is 30.5 Å². The van der Waals surface area contributed by atoms with Gasteiger partial charge in [-0.1, -0.05) is 26.3 Å². The van der Waals surface area contributed by atoms with E-state index in [-0.39, 0.29) is 11.5 Å². The summed E-state index contributed by atoms with van der Waals surface area (Å²) >= 11 is 0. The van der Waals surface area contributed by atoms with Crippen LogP contribution in [0.25, 0.3) is 0 Å². The van der Waals surface area contributed by atoms with Crippen LogP contribution in [0.5, 0.6) is 0 Å². The molecule has 1 unspecified atom stereocenters. The van der Waals surface area contributed by atoms with Crippen molar-refractivity contribution in [2.24, 2.45) is 5.92 Å². The fourth-order valence-corrected chi connectivity index (χ4v) is 1.31. The highest BCUT2D eigenvalue weighted by Crippen LogP contribution is 2.10. The molecule has 1 N–H and O–H groups in total. The third kappa shape index (κ3) is 3.33. The normalized spacial score (nSPS) is 12.2. The van der Waals surface area contributed by atoms with Gasteiger partial charge in [0.05, 0.1) is 5.56 Å². The quantitative estimate of drug-likeness (QED) is 0.835. The summed E-state index contributed by atoms with van der Waals surface area (Å²) in [4.78, 5) is 11.6. The Bertz CT molecular complexity index is 376. The first-order chi connectivity index (χ1) is 7.54. The van der Waals surface area contributed by atoms with E-state index in [4.69, 9.17) is 0 Å². The molecular formula is C13H18FNO. The van der Waals surface area contributed by atoms with Crippen LogP contribution in [0.2, 0.25) is 0 Å². The highest BCUT2D eigenvalue weighted by molar-refractivity contribution is 5.94. The van der Waals surface area contributed by atoms with Gasteiger partial charge in [0, 0.05) is 6.54 Å². The van der Waals surface area contributed by atoms with Crippen molar-refractivity contribution in [2.45, 2.75) is 27.2 Å². The molecule has 1 aromatic carbocycles. The minimum absolute atomic E-state index is 0.119. The molecule has 0 aromatic heterocycles. The fourth-order valence-electron chi connectivity index (χ4n) is 1.31. The van der Waals surface area contributed by atoms with Crippen LogP contribution in [-0.2, 0) is 0 Å². The molecule has 0 heterocycles. The number of aryl methyl sites for hydroxylation is 1. The third-order valence-electron chi connectivity index (χ3n) is 2.68. The van der Waals surface area contributed by atoms with Crippen molar-refractivity contribution in [1.29, 1.82) is 0 Å². The summed E-state index contributed by atoms with van der Waals surface area (Å²) in [5.41, 5.74) is 0.935. The van der Waals surface area contributed by atoms with Crippen molar-refractivity contribution in [3.05, 3.63) is 35.1 Å². The van der Waals surface area contributed by atoms with Crippen LogP contribution in [0.4, 0.5) is 4.39 Å². The Kier molecular flexibility index (Phi) is 4.47. The van der Waals surface area contributed by atoms with Gasteiger partial charge in [0.2, 0.25) is 0 Å². The molecule has 2 nitrogen and oxygen atoms in total. The summed E-state index contributed by atoms with van der Waals surface area (Å²) < 4.78 is 13.4. The number of nitrogens with one attached hydrogen (secondary N) is 1. The van der Waals surface area contributed by atoms with Crippen molar-refractivity contribution in [3.8, 4) is 0 Å². The van der Waals surface area contributed by atoms with Gasteiger partial charge in [-0.3, -0.25) is 4.79 Å². The minimum Gasteiger partial charge on any atom is -0.352 e. The van der Waals surface area contributed by atoms with Crippen LogP contribution in [0.1, 0.15) is 36.2 Å². The first kappa shape index (κ1) is 12.7. The second kappa shape index (κ2) is 5.64. The standard InChI is InChI=1S/C13H18FNO/c1-4-9(2)8-15-13(16)11-6-5-10(3)7-12(11)14/h5-7,9H,4,8H2,1-3H3,(H,15,16). The molecule has 1 atom stereocenters. The zero-order valence-electron chi connectivity index (χ0n) is 10.0. The maximum atomic E-state index is 13.4. The Morgan fingerprint density at radius 3 is 2.75 bits per heavy atom. The van der Waals surface area contributed by atoms with Gasteiger partial charge in [0.15, 0.2) is 0 Å². The van der Waals surface area contributed by atoms with Crippen molar-refractivity contribution in [2.75, 3.05) is 6.54 Å². The van der Waals surface area contributed by atoms with Gasteiger partial charge in [-0.15, -0.1) is 0 Å². The molecule has 1 aromatic rings. The lowest BCUT2D eigenvalue weighted by Gasteiger charge is -2.10. The topological polar surface area (TPSA) is 29.1 Å².